The smallest absolute Gasteiger partial charge is 0.119 e. The van der Waals surface area contributed by atoms with Crippen molar-refractivity contribution in [1.29, 1.82) is 0 Å². The zero-order valence-corrected chi connectivity index (χ0v) is 12.5. The molecule has 2 aliphatic heterocycles. The van der Waals surface area contributed by atoms with Crippen molar-refractivity contribution in [1.82, 2.24) is 10.2 Å². The van der Waals surface area contributed by atoms with Crippen molar-refractivity contribution in [2.75, 3.05) is 33.3 Å². The normalized spacial score (nSPS) is 22.9. The minimum Gasteiger partial charge on any atom is -0.497 e. The van der Waals surface area contributed by atoms with Crippen LogP contribution in [0.25, 0.3) is 0 Å². The second-order valence-electron chi connectivity index (χ2n) is 6.05. The molecular formula is C17H26N2O. The fraction of sp³-hybridized carbons (Fsp3) is 0.647. The summed E-state index contributed by atoms with van der Waals surface area (Å²) >= 11 is 0. The van der Waals surface area contributed by atoms with E-state index < -0.39 is 0 Å². The van der Waals surface area contributed by atoms with Gasteiger partial charge in [0.1, 0.15) is 5.75 Å². The molecule has 2 aliphatic rings. The Morgan fingerprint density at radius 2 is 1.95 bits per heavy atom. The van der Waals surface area contributed by atoms with Gasteiger partial charge in [0.2, 0.25) is 0 Å². The van der Waals surface area contributed by atoms with Crippen LogP contribution >= 0.6 is 0 Å². The number of hydrogen-bond acceptors (Lipinski definition) is 3. The van der Waals surface area contributed by atoms with E-state index in [1.165, 1.54) is 57.4 Å². The molecule has 0 aliphatic carbocycles. The predicted octanol–water partition coefficient (Wildman–Crippen LogP) is 2.83. The van der Waals surface area contributed by atoms with Gasteiger partial charge >= 0.3 is 0 Å². The first kappa shape index (κ1) is 13.9. The first-order chi connectivity index (χ1) is 9.88. The standard InChI is InChI=1S/C17H26N2O/c1-20-16-6-4-5-15(13-16)17(19-11-2-3-12-19)14-7-9-18-10-8-14/h4-6,13-14,17-18H,2-3,7-12H2,1H3. The van der Waals surface area contributed by atoms with E-state index in [0.29, 0.717) is 6.04 Å². The third-order valence-corrected chi connectivity index (χ3v) is 4.80. The predicted molar refractivity (Wildman–Crippen MR) is 82.1 cm³/mol. The Morgan fingerprint density at radius 1 is 1.20 bits per heavy atom. The summed E-state index contributed by atoms with van der Waals surface area (Å²) in [4.78, 5) is 2.70. The Balaban J connectivity index is 1.86. The Kier molecular flexibility index (Phi) is 4.58. The lowest BCUT2D eigenvalue weighted by molar-refractivity contribution is 0.148. The fourth-order valence-electron chi connectivity index (χ4n) is 3.79. The van der Waals surface area contributed by atoms with E-state index in [1.54, 1.807) is 7.11 Å². The van der Waals surface area contributed by atoms with Crippen LogP contribution in [-0.2, 0) is 0 Å². The molecular weight excluding hydrogens is 248 g/mol. The Hall–Kier alpha value is -1.06. The number of nitrogens with zero attached hydrogens (tertiary/aromatic N) is 1. The topological polar surface area (TPSA) is 24.5 Å². The fourth-order valence-corrected chi connectivity index (χ4v) is 3.79. The van der Waals surface area contributed by atoms with Gasteiger partial charge in [0, 0.05) is 6.04 Å². The largest absolute Gasteiger partial charge is 0.497 e. The van der Waals surface area contributed by atoms with E-state index in [9.17, 15) is 0 Å². The van der Waals surface area contributed by atoms with Crippen molar-refractivity contribution in [3.05, 3.63) is 29.8 Å². The third kappa shape index (κ3) is 2.99. The quantitative estimate of drug-likeness (QED) is 0.913. The highest BCUT2D eigenvalue weighted by Gasteiger charge is 2.31. The van der Waals surface area contributed by atoms with Crippen LogP contribution in [0.1, 0.15) is 37.3 Å². The zero-order valence-electron chi connectivity index (χ0n) is 12.5. The molecule has 2 heterocycles. The Bertz CT molecular complexity index is 423. The molecule has 2 fully saturated rings. The van der Waals surface area contributed by atoms with Gasteiger partial charge in [-0.3, -0.25) is 4.90 Å². The average molecular weight is 274 g/mol. The van der Waals surface area contributed by atoms with Crippen LogP contribution in [-0.4, -0.2) is 38.2 Å². The second kappa shape index (κ2) is 6.59. The maximum atomic E-state index is 5.42. The number of methoxy groups -OCH3 is 1. The molecule has 0 spiro atoms. The molecule has 1 N–H and O–H groups in total. The molecule has 0 aromatic heterocycles. The molecule has 0 radical (unpaired) electrons. The van der Waals surface area contributed by atoms with Crippen LogP contribution in [0.3, 0.4) is 0 Å². The van der Waals surface area contributed by atoms with Gasteiger partial charge < -0.3 is 10.1 Å². The maximum absolute atomic E-state index is 5.42. The van der Waals surface area contributed by atoms with Gasteiger partial charge in [0.25, 0.3) is 0 Å². The van der Waals surface area contributed by atoms with Crippen molar-refractivity contribution in [3.63, 3.8) is 0 Å². The van der Waals surface area contributed by atoms with Gasteiger partial charge in [-0.25, -0.2) is 0 Å². The summed E-state index contributed by atoms with van der Waals surface area (Å²) in [5.74, 6) is 1.77. The lowest BCUT2D eigenvalue weighted by Crippen LogP contribution is -2.37. The van der Waals surface area contributed by atoms with Gasteiger partial charge in [0.15, 0.2) is 0 Å². The lowest BCUT2D eigenvalue weighted by atomic mass is 9.85. The van der Waals surface area contributed by atoms with Gasteiger partial charge in [-0.1, -0.05) is 12.1 Å². The summed E-state index contributed by atoms with van der Waals surface area (Å²) in [6.45, 7) is 4.84. The number of rotatable bonds is 4. The van der Waals surface area contributed by atoms with E-state index in [0.717, 1.165) is 11.7 Å². The van der Waals surface area contributed by atoms with Gasteiger partial charge in [-0.15, -0.1) is 0 Å². The molecule has 1 aromatic carbocycles. The number of hydrogen-bond donors (Lipinski definition) is 1. The molecule has 3 heteroatoms. The molecule has 1 aromatic rings. The summed E-state index contributed by atoms with van der Waals surface area (Å²) in [5.41, 5.74) is 1.44. The lowest BCUT2D eigenvalue weighted by Gasteiger charge is -2.37. The minimum atomic E-state index is 0.578. The number of nitrogens with one attached hydrogen (secondary N) is 1. The SMILES string of the molecule is COc1cccc(C(C2CCNCC2)N2CCCC2)c1. The van der Waals surface area contributed by atoms with Crippen molar-refractivity contribution in [3.8, 4) is 5.75 Å². The Labute approximate surface area is 122 Å². The molecule has 0 amide bonds. The monoisotopic (exact) mass is 274 g/mol. The zero-order chi connectivity index (χ0) is 13.8. The highest BCUT2D eigenvalue weighted by Crippen LogP contribution is 2.37. The number of likely N-dealkylation sites (tertiary alicyclic amines) is 1. The van der Waals surface area contributed by atoms with E-state index in [-0.39, 0.29) is 0 Å². The summed E-state index contributed by atoms with van der Waals surface area (Å²) in [6, 6.07) is 9.29. The van der Waals surface area contributed by atoms with Gasteiger partial charge in [-0.2, -0.15) is 0 Å². The molecule has 3 rings (SSSR count). The second-order valence-corrected chi connectivity index (χ2v) is 6.05. The van der Waals surface area contributed by atoms with Crippen LogP contribution in [0.2, 0.25) is 0 Å². The minimum absolute atomic E-state index is 0.578. The van der Waals surface area contributed by atoms with Gasteiger partial charge in [-0.05, 0) is 75.5 Å². The average Bonchev–Trinajstić information content (AvgIpc) is 3.03. The summed E-state index contributed by atoms with van der Waals surface area (Å²) in [5, 5.41) is 3.49. The molecule has 3 nitrogen and oxygen atoms in total. The molecule has 110 valence electrons. The van der Waals surface area contributed by atoms with E-state index in [2.05, 4.69) is 28.4 Å². The maximum Gasteiger partial charge on any atom is 0.119 e. The molecule has 0 saturated carbocycles. The van der Waals surface area contributed by atoms with Crippen molar-refractivity contribution >= 4 is 0 Å². The number of benzene rings is 1. The number of ether oxygens (including phenoxy) is 1. The first-order valence-corrected chi connectivity index (χ1v) is 7.97. The van der Waals surface area contributed by atoms with Crippen molar-refractivity contribution in [2.24, 2.45) is 5.92 Å². The number of piperidine rings is 1. The van der Waals surface area contributed by atoms with Crippen LogP contribution in [0, 0.1) is 5.92 Å². The van der Waals surface area contributed by atoms with Crippen molar-refractivity contribution in [2.45, 2.75) is 31.7 Å². The van der Waals surface area contributed by atoms with Crippen LogP contribution in [0.5, 0.6) is 5.75 Å². The molecule has 1 atom stereocenters. The highest BCUT2D eigenvalue weighted by molar-refractivity contribution is 5.31. The summed E-state index contributed by atoms with van der Waals surface area (Å²) in [7, 11) is 1.76. The molecule has 2 saturated heterocycles. The van der Waals surface area contributed by atoms with Crippen LogP contribution < -0.4 is 10.1 Å². The van der Waals surface area contributed by atoms with Crippen LogP contribution in [0.15, 0.2) is 24.3 Å². The highest BCUT2D eigenvalue weighted by atomic mass is 16.5. The van der Waals surface area contributed by atoms with E-state index >= 15 is 0 Å². The van der Waals surface area contributed by atoms with Gasteiger partial charge in [0.05, 0.1) is 7.11 Å². The third-order valence-electron chi connectivity index (χ3n) is 4.80. The van der Waals surface area contributed by atoms with Crippen molar-refractivity contribution < 1.29 is 4.74 Å². The first-order valence-electron chi connectivity index (χ1n) is 7.97. The molecule has 0 bridgehead atoms. The summed E-state index contributed by atoms with van der Waals surface area (Å²) in [6.07, 6.45) is 5.29. The van der Waals surface area contributed by atoms with Crippen LogP contribution in [0.4, 0.5) is 0 Å². The molecule has 20 heavy (non-hydrogen) atoms. The molecule has 1 unspecified atom stereocenters. The Morgan fingerprint density at radius 3 is 2.65 bits per heavy atom. The van der Waals surface area contributed by atoms with E-state index in [4.69, 9.17) is 4.74 Å². The summed E-state index contributed by atoms with van der Waals surface area (Å²) < 4.78 is 5.42. The van der Waals surface area contributed by atoms with E-state index in [1.807, 2.05) is 6.07 Å².